The second-order valence-corrected chi connectivity index (χ2v) is 4.44. The first-order valence-corrected chi connectivity index (χ1v) is 5.73. The second kappa shape index (κ2) is 6.21. The van der Waals surface area contributed by atoms with Gasteiger partial charge in [-0.3, -0.25) is 0 Å². The van der Waals surface area contributed by atoms with Crippen LogP contribution in [0.25, 0.3) is 0 Å². The van der Waals surface area contributed by atoms with Gasteiger partial charge in [0.25, 0.3) is 0 Å². The fourth-order valence-corrected chi connectivity index (χ4v) is 1.88. The van der Waals surface area contributed by atoms with Crippen molar-refractivity contribution in [2.45, 2.75) is 18.8 Å². The Labute approximate surface area is 107 Å². The van der Waals surface area contributed by atoms with Gasteiger partial charge in [-0.1, -0.05) is 23.7 Å². The molecule has 0 aliphatic rings. The summed E-state index contributed by atoms with van der Waals surface area (Å²) in [7, 11) is 3.16. The molecule has 0 aromatic heterocycles. The Morgan fingerprint density at radius 3 is 2.41 bits per heavy atom. The highest BCUT2D eigenvalue weighted by atomic mass is 35.5. The van der Waals surface area contributed by atoms with Gasteiger partial charge in [-0.25, -0.2) is 0 Å². The van der Waals surface area contributed by atoms with Crippen molar-refractivity contribution >= 4 is 17.3 Å². The Kier molecular flexibility index (Phi) is 5.21. The Morgan fingerprint density at radius 2 is 1.94 bits per heavy atom. The molecule has 1 atom stereocenters. The third-order valence-corrected chi connectivity index (χ3v) is 3.00. The highest BCUT2D eigenvalue weighted by Crippen LogP contribution is 2.26. The number of anilines is 1. The largest absolute Gasteiger partial charge is 0.373 e. The van der Waals surface area contributed by atoms with E-state index in [4.69, 9.17) is 26.8 Å². The van der Waals surface area contributed by atoms with Gasteiger partial charge in [0.15, 0.2) is 6.29 Å². The highest BCUT2D eigenvalue weighted by molar-refractivity contribution is 6.33. The van der Waals surface area contributed by atoms with Gasteiger partial charge in [0.05, 0.1) is 16.2 Å². The van der Waals surface area contributed by atoms with Crippen LogP contribution < -0.4 is 11.1 Å². The number of halogens is 1. The zero-order valence-corrected chi connectivity index (χ0v) is 11.1. The van der Waals surface area contributed by atoms with Crippen molar-refractivity contribution < 1.29 is 9.47 Å². The van der Waals surface area contributed by atoms with E-state index >= 15 is 0 Å². The molecule has 0 amide bonds. The molecule has 1 aromatic carbocycles. The first kappa shape index (κ1) is 14.3. The summed E-state index contributed by atoms with van der Waals surface area (Å²) in [6.07, 6.45) is -0.455. The molecule has 3 N–H and O–H groups in total. The summed E-state index contributed by atoms with van der Waals surface area (Å²) < 4.78 is 10.5. The third-order valence-electron chi connectivity index (χ3n) is 2.67. The molecule has 0 saturated heterocycles. The van der Waals surface area contributed by atoms with Gasteiger partial charge in [-0.2, -0.15) is 0 Å². The van der Waals surface area contributed by atoms with Gasteiger partial charge in [0.1, 0.15) is 0 Å². The number of hydrogen-bond acceptors (Lipinski definition) is 4. The van der Waals surface area contributed by atoms with Crippen molar-refractivity contribution in [2.24, 2.45) is 5.73 Å². The number of benzene rings is 1. The quantitative estimate of drug-likeness (QED) is 0.768. The van der Waals surface area contributed by atoms with Gasteiger partial charge in [-0.05, 0) is 19.1 Å². The maximum atomic E-state index is 6.09. The van der Waals surface area contributed by atoms with Crippen molar-refractivity contribution in [3.63, 3.8) is 0 Å². The lowest BCUT2D eigenvalue weighted by Crippen LogP contribution is -2.54. The zero-order chi connectivity index (χ0) is 12.9. The van der Waals surface area contributed by atoms with Crippen molar-refractivity contribution in [2.75, 3.05) is 26.1 Å². The molecule has 4 nitrogen and oxygen atoms in total. The Hall–Kier alpha value is -0.810. The van der Waals surface area contributed by atoms with Gasteiger partial charge < -0.3 is 20.5 Å². The minimum Gasteiger partial charge on any atom is -0.373 e. The Bertz CT molecular complexity index is 358. The number of nitrogens with one attached hydrogen (secondary N) is 1. The highest BCUT2D eigenvalue weighted by Gasteiger charge is 2.33. The molecule has 17 heavy (non-hydrogen) atoms. The van der Waals surface area contributed by atoms with E-state index in [1.807, 2.05) is 31.2 Å². The summed E-state index contributed by atoms with van der Waals surface area (Å²) in [6, 6.07) is 7.48. The number of ether oxygens (including phenoxy) is 2. The van der Waals surface area contributed by atoms with E-state index in [9.17, 15) is 0 Å². The lowest BCUT2D eigenvalue weighted by atomic mass is 10.0. The fourth-order valence-electron chi connectivity index (χ4n) is 1.69. The standard InChI is InChI=1S/C12H19ClN2O2/c1-12(8-14,11(16-2)17-3)15-10-7-5-4-6-9(10)13/h4-7,11,15H,8,14H2,1-3H3. The SMILES string of the molecule is COC(OC)C(C)(CN)Nc1ccccc1Cl. The van der Waals surface area contributed by atoms with E-state index in [-0.39, 0.29) is 0 Å². The monoisotopic (exact) mass is 258 g/mol. The van der Waals surface area contributed by atoms with Crippen molar-refractivity contribution in [3.8, 4) is 0 Å². The molecule has 0 saturated carbocycles. The molecule has 0 spiro atoms. The summed E-state index contributed by atoms with van der Waals surface area (Å²) in [5.74, 6) is 0. The molecular weight excluding hydrogens is 240 g/mol. The summed E-state index contributed by atoms with van der Waals surface area (Å²) in [4.78, 5) is 0. The first-order chi connectivity index (χ1) is 8.07. The van der Waals surface area contributed by atoms with Crippen molar-refractivity contribution in [1.29, 1.82) is 0 Å². The predicted molar refractivity (Wildman–Crippen MR) is 70.3 cm³/mol. The van der Waals surface area contributed by atoms with Crippen LogP contribution in [0.15, 0.2) is 24.3 Å². The molecule has 1 aromatic rings. The molecule has 0 aliphatic carbocycles. The number of nitrogens with two attached hydrogens (primary N) is 1. The molecule has 0 fully saturated rings. The molecule has 0 radical (unpaired) electrons. The van der Waals surface area contributed by atoms with E-state index in [1.54, 1.807) is 14.2 Å². The lowest BCUT2D eigenvalue weighted by Gasteiger charge is -2.36. The number of methoxy groups -OCH3 is 2. The van der Waals surface area contributed by atoms with E-state index in [1.165, 1.54) is 0 Å². The number of para-hydroxylation sites is 1. The average molecular weight is 259 g/mol. The van der Waals surface area contributed by atoms with E-state index in [0.29, 0.717) is 11.6 Å². The summed E-state index contributed by atoms with van der Waals surface area (Å²) >= 11 is 6.09. The van der Waals surface area contributed by atoms with Crippen LogP contribution in [0.2, 0.25) is 5.02 Å². The van der Waals surface area contributed by atoms with Gasteiger partial charge >= 0.3 is 0 Å². The van der Waals surface area contributed by atoms with Gasteiger partial charge in [0, 0.05) is 20.8 Å². The normalized spacial score (nSPS) is 14.7. The Balaban J connectivity index is 2.92. The molecule has 0 aliphatic heterocycles. The second-order valence-electron chi connectivity index (χ2n) is 4.03. The summed E-state index contributed by atoms with van der Waals surface area (Å²) in [5.41, 5.74) is 6.05. The maximum absolute atomic E-state index is 6.09. The molecule has 1 rings (SSSR count). The van der Waals surface area contributed by atoms with Crippen LogP contribution in [0, 0.1) is 0 Å². The molecule has 0 heterocycles. The first-order valence-electron chi connectivity index (χ1n) is 5.35. The third kappa shape index (κ3) is 3.33. The smallest absolute Gasteiger partial charge is 0.180 e. The molecule has 0 bridgehead atoms. The van der Waals surface area contributed by atoms with Crippen LogP contribution in [0.3, 0.4) is 0 Å². The molecular formula is C12H19ClN2O2. The fraction of sp³-hybridized carbons (Fsp3) is 0.500. The van der Waals surface area contributed by atoms with Crippen molar-refractivity contribution in [3.05, 3.63) is 29.3 Å². The molecule has 96 valence electrons. The number of hydrogen-bond donors (Lipinski definition) is 2. The van der Waals surface area contributed by atoms with Crippen LogP contribution in [0.5, 0.6) is 0 Å². The van der Waals surface area contributed by atoms with Crippen LogP contribution in [0.4, 0.5) is 5.69 Å². The van der Waals surface area contributed by atoms with Crippen LogP contribution in [0.1, 0.15) is 6.92 Å². The lowest BCUT2D eigenvalue weighted by molar-refractivity contribution is -0.134. The van der Waals surface area contributed by atoms with E-state index < -0.39 is 11.8 Å². The van der Waals surface area contributed by atoms with Crippen molar-refractivity contribution in [1.82, 2.24) is 0 Å². The van der Waals surface area contributed by atoms with Gasteiger partial charge in [0.2, 0.25) is 0 Å². The number of rotatable bonds is 6. The predicted octanol–water partition coefficient (Wildman–Crippen LogP) is 2.09. The van der Waals surface area contributed by atoms with Gasteiger partial charge in [-0.15, -0.1) is 0 Å². The summed E-state index contributed by atoms with van der Waals surface area (Å²) in [6.45, 7) is 2.28. The molecule has 1 unspecified atom stereocenters. The molecule has 5 heteroatoms. The van der Waals surface area contributed by atoms with E-state index in [2.05, 4.69) is 5.32 Å². The maximum Gasteiger partial charge on any atom is 0.180 e. The average Bonchev–Trinajstić information content (AvgIpc) is 2.33. The van der Waals surface area contributed by atoms with Crippen LogP contribution in [-0.4, -0.2) is 32.6 Å². The van der Waals surface area contributed by atoms with E-state index in [0.717, 1.165) is 5.69 Å². The van der Waals surface area contributed by atoms with Crippen LogP contribution >= 0.6 is 11.6 Å². The topological polar surface area (TPSA) is 56.5 Å². The Morgan fingerprint density at radius 1 is 1.35 bits per heavy atom. The van der Waals surface area contributed by atoms with Crippen LogP contribution in [-0.2, 0) is 9.47 Å². The zero-order valence-electron chi connectivity index (χ0n) is 10.4. The summed E-state index contributed by atoms with van der Waals surface area (Å²) in [5, 5.41) is 3.91. The minimum atomic E-state index is -0.547. The minimum absolute atomic E-state index is 0.352.